The maximum absolute atomic E-state index is 11.1. The number of hydrogen-bond acceptors (Lipinski definition) is 8. The van der Waals surface area contributed by atoms with Gasteiger partial charge in [-0.3, -0.25) is 9.69 Å². The van der Waals surface area contributed by atoms with Gasteiger partial charge in [0.1, 0.15) is 0 Å². The zero-order valence-corrected chi connectivity index (χ0v) is 27.0. The Hall–Kier alpha value is -2.40. The Morgan fingerprint density at radius 3 is 2.28 bits per heavy atom. The van der Waals surface area contributed by atoms with Crippen molar-refractivity contribution in [3.8, 4) is 22.9 Å². The van der Waals surface area contributed by atoms with Gasteiger partial charge in [-0.1, -0.05) is 23.2 Å². The molecular weight excluding hydrogens is 634 g/mol. The molecular formula is C30H36Cl4N6O3. The van der Waals surface area contributed by atoms with Gasteiger partial charge >= 0.3 is 5.97 Å². The van der Waals surface area contributed by atoms with Crippen molar-refractivity contribution >= 4 is 59.9 Å². The fourth-order valence-electron chi connectivity index (χ4n) is 6.49. The van der Waals surface area contributed by atoms with E-state index in [2.05, 4.69) is 31.7 Å². The first kappa shape index (κ1) is 33.5. The van der Waals surface area contributed by atoms with E-state index in [9.17, 15) is 4.79 Å². The van der Waals surface area contributed by atoms with E-state index in [4.69, 9.17) is 38.0 Å². The van der Waals surface area contributed by atoms with E-state index in [-0.39, 0.29) is 37.2 Å². The Morgan fingerprint density at radius 2 is 1.60 bits per heavy atom. The second-order valence-electron chi connectivity index (χ2n) is 11.4. The topological polar surface area (TPSA) is 94.9 Å². The molecule has 5 heterocycles. The third-order valence-electron chi connectivity index (χ3n) is 8.54. The number of aliphatic carboxylic acids is 1. The number of carboxylic acids is 1. The lowest BCUT2D eigenvalue weighted by atomic mass is 9.93. The number of likely N-dealkylation sites (N-methyl/N-ethyl adjacent to an activating group) is 1. The molecule has 232 valence electrons. The van der Waals surface area contributed by atoms with Crippen LogP contribution in [0.15, 0.2) is 42.7 Å². The molecule has 13 heteroatoms. The molecule has 2 aromatic heterocycles. The third-order valence-corrected chi connectivity index (χ3v) is 8.98. The molecule has 0 radical (unpaired) electrons. The summed E-state index contributed by atoms with van der Waals surface area (Å²) in [7, 11) is 2.19. The van der Waals surface area contributed by atoms with Crippen LogP contribution in [0.2, 0.25) is 10.0 Å². The number of rotatable bonds is 8. The van der Waals surface area contributed by atoms with E-state index in [0.29, 0.717) is 46.0 Å². The van der Waals surface area contributed by atoms with Gasteiger partial charge in [-0.25, -0.2) is 15.0 Å². The van der Waals surface area contributed by atoms with E-state index in [1.807, 2.05) is 24.3 Å². The first-order valence-electron chi connectivity index (χ1n) is 14.2. The van der Waals surface area contributed by atoms with Gasteiger partial charge in [0, 0.05) is 59.8 Å². The van der Waals surface area contributed by atoms with Gasteiger partial charge in [-0.15, -0.1) is 24.8 Å². The second-order valence-corrected chi connectivity index (χ2v) is 12.3. The second kappa shape index (κ2) is 14.6. The number of piperidine rings is 1. The van der Waals surface area contributed by atoms with E-state index in [0.717, 1.165) is 68.9 Å². The van der Waals surface area contributed by atoms with Crippen molar-refractivity contribution in [2.75, 3.05) is 38.1 Å². The molecule has 0 amide bonds. The molecule has 3 saturated heterocycles. The van der Waals surface area contributed by atoms with Crippen LogP contribution in [-0.4, -0.2) is 81.1 Å². The number of ether oxygens (including phenoxy) is 1. The number of carboxylic acid groups (broad SMARTS) is 1. The predicted octanol–water partition coefficient (Wildman–Crippen LogP) is 6.45. The normalized spacial score (nSPS) is 20.8. The maximum Gasteiger partial charge on any atom is 0.303 e. The highest BCUT2D eigenvalue weighted by atomic mass is 35.5. The largest absolute Gasteiger partial charge is 0.481 e. The van der Waals surface area contributed by atoms with Crippen LogP contribution in [0.5, 0.6) is 11.6 Å². The highest BCUT2D eigenvalue weighted by Crippen LogP contribution is 2.34. The predicted molar refractivity (Wildman–Crippen MR) is 173 cm³/mol. The number of halogens is 4. The summed E-state index contributed by atoms with van der Waals surface area (Å²) in [6.07, 6.45) is 7.67. The summed E-state index contributed by atoms with van der Waals surface area (Å²) in [6.45, 7) is 4.45. The number of carbonyl (C=O) groups is 1. The van der Waals surface area contributed by atoms with Crippen LogP contribution in [0, 0.1) is 5.92 Å². The van der Waals surface area contributed by atoms with Crippen LogP contribution >= 0.6 is 48.0 Å². The summed E-state index contributed by atoms with van der Waals surface area (Å²) in [4.78, 5) is 32.3. The highest BCUT2D eigenvalue weighted by molar-refractivity contribution is 6.35. The molecule has 1 aromatic carbocycles. The van der Waals surface area contributed by atoms with Gasteiger partial charge in [0.15, 0.2) is 5.75 Å². The average Bonchev–Trinajstić information content (AvgIpc) is 3.52. The SMILES string of the molecule is CN1CCC2C1CCN2c1ncc(Oc2cc(CN3CCC(CC(=O)O)CC3)cc(-c3cc(Cl)cc(Cl)c3)n2)cn1.Cl.Cl. The molecule has 6 rings (SSSR count). The van der Waals surface area contributed by atoms with Crippen molar-refractivity contribution in [2.24, 2.45) is 5.92 Å². The van der Waals surface area contributed by atoms with Crippen LogP contribution in [0.1, 0.15) is 37.7 Å². The Morgan fingerprint density at radius 1 is 0.930 bits per heavy atom. The van der Waals surface area contributed by atoms with Gasteiger partial charge in [0.05, 0.1) is 18.1 Å². The summed E-state index contributed by atoms with van der Waals surface area (Å²) in [6, 6.07) is 10.4. The lowest BCUT2D eigenvalue weighted by Gasteiger charge is -2.31. The lowest BCUT2D eigenvalue weighted by molar-refractivity contribution is -0.138. The Bertz CT molecular complexity index is 1390. The number of anilines is 1. The fourth-order valence-corrected chi connectivity index (χ4v) is 7.01. The fraction of sp³-hybridized carbons (Fsp3) is 0.467. The minimum absolute atomic E-state index is 0. The standard InChI is InChI=1S/C30H34Cl2N6O3.2ClH/c1-36-6-4-27-26(36)5-9-38(27)30-33-16-24(17-34-30)41-28-11-20(18-37-7-2-19(3-8-37)12-29(39)40)10-25(35-28)21-13-22(31)15-23(32)14-21;;/h10-11,13-17,19,26-27H,2-9,12,18H2,1H3,(H,39,40);2*1H. The lowest BCUT2D eigenvalue weighted by Crippen LogP contribution is -2.35. The van der Waals surface area contributed by atoms with Crippen molar-refractivity contribution in [1.82, 2.24) is 24.8 Å². The first-order chi connectivity index (χ1) is 19.8. The van der Waals surface area contributed by atoms with E-state index in [1.165, 1.54) is 0 Å². The van der Waals surface area contributed by atoms with Gasteiger partial charge < -0.3 is 19.6 Å². The summed E-state index contributed by atoms with van der Waals surface area (Å²) >= 11 is 12.6. The average molecular weight is 670 g/mol. The molecule has 0 aliphatic carbocycles. The number of likely N-dealkylation sites (tertiary alicyclic amines) is 2. The number of pyridine rings is 1. The minimum atomic E-state index is -0.725. The third kappa shape index (κ3) is 8.01. The van der Waals surface area contributed by atoms with Crippen molar-refractivity contribution in [2.45, 2.75) is 50.7 Å². The Labute approximate surface area is 274 Å². The molecule has 0 spiro atoms. The van der Waals surface area contributed by atoms with Crippen molar-refractivity contribution in [1.29, 1.82) is 0 Å². The van der Waals surface area contributed by atoms with E-state index >= 15 is 0 Å². The van der Waals surface area contributed by atoms with E-state index in [1.54, 1.807) is 18.5 Å². The van der Waals surface area contributed by atoms with Gasteiger partial charge in [-0.2, -0.15) is 0 Å². The van der Waals surface area contributed by atoms with Crippen molar-refractivity contribution in [3.05, 3.63) is 58.3 Å². The summed E-state index contributed by atoms with van der Waals surface area (Å²) in [5, 5.41) is 10.2. The van der Waals surface area contributed by atoms with Crippen LogP contribution in [0.3, 0.4) is 0 Å². The molecule has 2 unspecified atom stereocenters. The van der Waals surface area contributed by atoms with Crippen LogP contribution in [0.25, 0.3) is 11.3 Å². The smallest absolute Gasteiger partial charge is 0.303 e. The zero-order chi connectivity index (χ0) is 28.5. The monoisotopic (exact) mass is 668 g/mol. The number of benzene rings is 1. The molecule has 3 fully saturated rings. The van der Waals surface area contributed by atoms with Crippen LogP contribution in [-0.2, 0) is 11.3 Å². The zero-order valence-electron chi connectivity index (χ0n) is 23.9. The molecule has 0 saturated carbocycles. The van der Waals surface area contributed by atoms with Gasteiger partial charge in [0.2, 0.25) is 11.8 Å². The molecule has 3 aromatic rings. The number of hydrogen-bond donors (Lipinski definition) is 1. The summed E-state index contributed by atoms with van der Waals surface area (Å²) in [5.41, 5.74) is 2.53. The van der Waals surface area contributed by atoms with Gasteiger partial charge in [0.25, 0.3) is 0 Å². The highest BCUT2D eigenvalue weighted by Gasteiger charge is 2.41. The summed E-state index contributed by atoms with van der Waals surface area (Å²) < 4.78 is 6.20. The molecule has 9 nitrogen and oxygen atoms in total. The van der Waals surface area contributed by atoms with E-state index < -0.39 is 5.97 Å². The molecule has 0 bridgehead atoms. The molecule has 43 heavy (non-hydrogen) atoms. The number of fused-ring (bicyclic) bond motifs is 1. The number of nitrogens with zero attached hydrogens (tertiary/aromatic N) is 6. The molecule has 1 N–H and O–H groups in total. The van der Waals surface area contributed by atoms with Crippen molar-refractivity contribution in [3.63, 3.8) is 0 Å². The van der Waals surface area contributed by atoms with Crippen LogP contribution < -0.4 is 9.64 Å². The quantitative estimate of drug-likeness (QED) is 0.290. The molecule has 3 aliphatic heterocycles. The maximum atomic E-state index is 11.1. The Kier molecular flexibility index (Phi) is 11.4. The molecule has 3 aliphatic rings. The number of aromatic nitrogens is 3. The Balaban J connectivity index is 0.00000212. The first-order valence-corrected chi connectivity index (χ1v) is 14.9. The van der Waals surface area contributed by atoms with Crippen LogP contribution in [0.4, 0.5) is 5.95 Å². The summed E-state index contributed by atoms with van der Waals surface area (Å²) in [5.74, 6) is 1.19. The molecule has 2 atom stereocenters. The van der Waals surface area contributed by atoms with Crippen molar-refractivity contribution < 1.29 is 14.6 Å². The van der Waals surface area contributed by atoms with Gasteiger partial charge in [-0.05, 0) is 81.6 Å². The minimum Gasteiger partial charge on any atom is -0.481 e.